The number of hydrogen-bond donors (Lipinski definition) is 0. The Hall–Kier alpha value is -0.870. The Balaban J connectivity index is 2.80. The number of carbonyl (C=O) groups excluding carboxylic acids is 1. The topological polar surface area (TPSA) is 26.3 Å². The minimum Gasteiger partial charge on any atom is -0.497 e. The second-order valence-corrected chi connectivity index (χ2v) is 6.29. The molecule has 0 saturated carbocycles. The molecule has 0 saturated heterocycles. The zero-order valence-electron chi connectivity index (χ0n) is 10.9. The predicted molar refractivity (Wildman–Crippen MR) is 81.7 cm³/mol. The third-order valence-electron chi connectivity index (χ3n) is 2.20. The Morgan fingerprint density at radius 3 is 2.17 bits per heavy atom. The molecule has 0 aliphatic heterocycles. The van der Waals surface area contributed by atoms with E-state index in [4.69, 9.17) is 4.74 Å². The quantitative estimate of drug-likeness (QED) is 0.552. The lowest BCUT2D eigenvalue weighted by Gasteiger charge is -2.04. The van der Waals surface area contributed by atoms with Gasteiger partial charge in [0.2, 0.25) is 0 Å². The van der Waals surface area contributed by atoms with Crippen LogP contribution in [0.2, 0.25) is 0 Å². The van der Waals surface area contributed by atoms with Gasteiger partial charge in [0.25, 0.3) is 0 Å². The smallest absolute Gasteiger partial charge is 0.187 e. The van der Waals surface area contributed by atoms with Crippen molar-refractivity contribution in [3.8, 4) is 5.75 Å². The van der Waals surface area contributed by atoms with Crippen LogP contribution in [0.25, 0.3) is 0 Å². The van der Waals surface area contributed by atoms with Crippen molar-refractivity contribution in [2.75, 3.05) is 18.6 Å². The number of ketones is 1. The first kappa shape index (κ1) is 15.2. The van der Waals surface area contributed by atoms with E-state index >= 15 is 0 Å². The van der Waals surface area contributed by atoms with E-state index in [9.17, 15) is 4.79 Å². The Morgan fingerprint density at radius 2 is 1.72 bits per heavy atom. The molecule has 0 aliphatic rings. The number of benzene rings is 1. The summed E-state index contributed by atoms with van der Waals surface area (Å²) >= 11 is 3.42. The van der Waals surface area contributed by atoms with Gasteiger partial charge >= 0.3 is 0 Å². The molecule has 0 N–H and O–H groups in total. The van der Waals surface area contributed by atoms with E-state index in [-0.39, 0.29) is 5.78 Å². The van der Waals surface area contributed by atoms with Crippen molar-refractivity contribution in [2.24, 2.45) is 0 Å². The van der Waals surface area contributed by atoms with Gasteiger partial charge in [0.1, 0.15) is 5.75 Å². The van der Waals surface area contributed by atoms with Crippen molar-refractivity contribution < 1.29 is 9.53 Å². The highest BCUT2D eigenvalue weighted by atomic mass is 32.2. The van der Waals surface area contributed by atoms with E-state index < -0.39 is 0 Å². The van der Waals surface area contributed by atoms with Crippen LogP contribution in [0.5, 0.6) is 5.75 Å². The van der Waals surface area contributed by atoms with E-state index in [2.05, 4.69) is 13.8 Å². The number of rotatable bonds is 7. The first-order valence-electron chi connectivity index (χ1n) is 5.87. The summed E-state index contributed by atoms with van der Waals surface area (Å²) in [6, 6.07) is 7.20. The molecule has 0 aliphatic carbocycles. The summed E-state index contributed by atoms with van der Waals surface area (Å²) in [4.78, 5) is 12.1. The molecule has 0 amide bonds. The molecule has 1 aromatic rings. The van der Waals surface area contributed by atoms with Crippen LogP contribution < -0.4 is 4.74 Å². The Bertz CT molecular complexity index is 402. The van der Waals surface area contributed by atoms with Gasteiger partial charge in [0.05, 0.1) is 7.11 Å². The van der Waals surface area contributed by atoms with Gasteiger partial charge < -0.3 is 4.74 Å². The van der Waals surface area contributed by atoms with Crippen LogP contribution in [0.1, 0.15) is 24.2 Å². The SMILES string of the molecule is CCSC(=CC(=O)c1ccc(OC)cc1)SCC. The summed E-state index contributed by atoms with van der Waals surface area (Å²) in [6.45, 7) is 4.18. The highest BCUT2D eigenvalue weighted by Crippen LogP contribution is 2.28. The van der Waals surface area contributed by atoms with Gasteiger partial charge in [-0.25, -0.2) is 0 Å². The first-order chi connectivity index (χ1) is 8.71. The maximum atomic E-state index is 12.1. The Kier molecular flexibility index (Phi) is 6.98. The van der Waals surface area contributed by atoms with Gasteiger partial charge in [-0.05, 0) is 35.8 Å². The zero-order valence-corrected chi connectivity index (χ0v) is 12.6. The lowest BCUT2D eigenvalue weighted by atomic mass is 10.1. The first-order valence-corrected chi connectivity index (χ1v) is 7.84. The largest absolute Gasteiger partial charge is 0.497 e. The lowest BCUT2D eigenvalue weighted by Crippen LogP contribution is -1.95. The minimum atomic E-state index is 0.0505. The molecule has 0 radical (unpaired) electrons. The zero-order chi connectivity index (χ0) is 13.4. The van der Waals surface area contributed by atoms with E-state index in [1.54, 1.807) is 61.0 Å². The fourth-order valence-electron chi connectivity index (χ4n) is 1.36. The molecule has 0 unspecified atom stereocenters. The number of thioether (sulfide) groups is 2. The molecule has 0 bridgehead atoms. The molecule has 1 rings (SSSR count). The van der Waals surface area contributed by atoms with Gasteiger partial charge in [-0.3, -0.25) is 4.79 Å². The molecule has 0 fully saturated rings. The van der Waals surface area contributed by atoms with Gasteiger partial charge in [0.15, 0.2) is 5.78 Å². The Labute approximate surface area is 117 Å². The van der Waals surface area contributed by atoms with Gasteiger partial charge in [-0.2, -0.15) is 0 Å². The summed E-state index contributed by atoms with van der Waals surface area (Å²) in [5.74, 6) is 2.78. The van der Waals surface area contributed by atoms with Crippen molar-refractivity contribution in [2.45, 2.75) is 13.8 Å². The number of hydrogen-bond acceptors (Lipinski definition) is 4. The number of methoxy groups -OCH3 is 1. The fourth-order valence-corrected chi connectivity index (χ4v) is 3.35. The van der Waals surface area contributed by atoms with Gasteiger partial charge in [-0.1, -0.05) is 13.8 Å². The van der Waals surface area contributed by atoms with Crippen LogP contribution >= 0.6 is 23.5 Å². The normalized spacial score (nSPS) is 9.94. The van der Waals surface area contributed by atoms with Crippen LogP contribution in [0.4, 0.5) is 0 Å². The molecule has 0 atom stereocenters. The summed E-state index contributed by atoms with van der Waals surface area (Å²) in [6.07, 6.45) is 1.73. The molecule has 18 heavy (non-hydrogen) atoms. The molecule has 1 aromatic carbocycles. The van der Waals surface area contributed by atoms with Crippen LogP contribution in [-0.2, 0) is 0 Å². The van der Waals surface area contributed by atoms with Crippen molar-refractivity contribution in [1.82, 2.24) is 0 Å². The molecule has 0 aromatic heterocycles. The predicted octanol–water partition coefficient (Wildman–Crippen LogP) is 4.23. The molecule has 98 valence electrons. The molecule has 0 spiro atoms. The monoisotopic (exact) mass is 282 g/mol. The Morgan fingerprint density at radius 1 is 1.17 bits per heavy atom. The molecule has 0 heterocycles. The average molecular weight is 282 g/mol. The van der Waals surface area contributed by atoms with Crippen molar-refractivity contribution in [3.63, 3.8) is 0 Å². The van der Waals surface area contributed by atoms with Crippen molar-refractivity contribution in [1.29, 1.82) is 0 Å². The highest BCUT2D eigenvalue weighted by molar-refractivity contribution is 8.22. The standard InChI is InChI=1S/C14H18O2S2/c1-4-17-14(18-5-2)10-13(15)11-6-8-12(16-3)9-7-11/h6-10H,4-5H2,1-3H3. The van der Waals surface area contributed by atoms with Gasteiger partial charge in [0, 0.05) is 15.9 Å². The van der Waals surface area contributed by atoms with Crippen LogP contribution in [0.3, 0.4) is 0 Å². The maximum absolute atomic E-state index is 12.1. The summed E-state index contributed by atoms with van der Waals surface area (Å²) in [7, 11) is 1.62. The third-order valence-corrected chi connectivity index (χ3v) is 4.29. The molecular weight excluding hydrogens is 264 g/mol. The van der Waals surface area contributed by atoms with E-state index in [0.29, 0.717) is 5.56 Å². The van der Waals surface area contributed by atoms with E-state index in [1.807, 2.05) is 0 Å². The third kappa shape index (κ3) is 4.78. The van der Waals surface area contributed by atoms with E-state index in [0.717, 1.165) is 21.5 Å². The highest BCUT2D eigenvalue weighted by Gasteiger charge is 2.05. The summed E-state index contributed by atoms with van der Waals surface area (Å²) in [5.41, 5.74) is 0.696. The average Bonchev–Trinajstić information content (AvgIpc) is 2.39. The number of allylic oxidation sites excluding steroid dienone is 1. The van der Waals surface area contributed by atoms with E-state index in [1.165, 1.54) is 0 Å². The van der Waals surface area contributed by atoms with Crippen LogP contribution in [0.15, 0.2) is 34.6 Å². The summed E-state index contributed by atoms with van der Waals surface area (Å²) in [5, 5.41) is 0. The van der Waals surface area contributed by atoms with Crippen LogP contribution in [-0.4, -0.2) is 24.4 Å². The number of ether oxygens (including phenoxy) is 1. The maximum Gasteiger partial charge on any atom is 0.187 e. The van der Waals surface area contributed by atoms with Crippen molar-refractivity contribution in [3.05, 3.63) is 40.1 Å². The minimum absolute atomic E-state index is 0.0505. The second kappa shape index (κ2) is 8.27. The summed E-state index contributed by atoms with van der Waals surface area (Å²) < 4.78 is 6.16. The molecule has 2 nitrogen and oxygen atoms in total. The van der Waals surface area contributed by atoms with Crippen LogP contribution in [0, 0.1) is 0 Å². The number of carbonyl (C=O) groups is 1. The molecular formula is C14H18O2S2. The van der Waals surface area contributed by atoms with Crippen molar-refractivity contribution >= 4 is 29.3 Å². The second-order valence-electron chi connectivity index (χ2n) is 3.42. The fraction of sp³-hybridized carbons (Fsp3) is 0.357. The molecule has 4 heteroatoms. The lowest BCUT2D eigenvalue weighted by molar-refractivity contribution is 0.104. The van der Waals surface area contributed by atoms with Gasteiger partial charge in [-0.15, -0.1) is 23.5 Å².